The van der Waals surface area contributed by atoms with Gasteiger partial charge in [-0.05, 0) is 73.0 Å². The summed E-state index contributed by atoms with van der Waals surface area (Å²) in [5, 5.41) is 0. The first kappa shape index (κ1) is 19.3. The minimum absolute atomic E-state index is 0.0575. The fraction of sp³-hybridized carbons (Fsp3) is 1.00. The van der Waals surface area contributed by atoms with E-state index in [1.54, 1.807) is 0 Å². The van der Waals surface area contributed by atoms with Gasteiger partial charge in [0.05, 0.1) is 0 Å². The van der Waals surface area contributed by atoms with Gasteiger partial charge in [0.25, 0.3) is 0 Å². The van der Waals surface area contributed by atoms with E-state index in [4.69, 9.17) is 5.73 Å². The van der Waals surface area contributed by atoms with E-state index in [-0.39, 0.29) is 5.54 Å². The zero-order valence-electron chi connectivity index (χ0n) is 17.3. The molecule has 2 fully saturated rings. The van der Waals surface area contributed by atoms with Gasteiger partial charge in [-0.25, -0.2) is 0 Å². The van der Waals surface area contributed by atoms with Crippen molar-refractivity contribution in [1.82, 2.24) is 0 Å². The van der Waals surface area contributed by atoms with Crippen molar-refractivity contribution >= 4 is 0 Å². The van der Waals surface area contributed by atoms with Crippen LogP contribution in [0.4, 0.5) is 0 Å². The quantitative estimate of drug-likeness (QED) is 0.601. The Morgan fingerprint density at radius 3 is 2.26 bits per heavy atom. The van der Waals surface area contributed by atoms with Crippen molar-refractivity contribution in [2.75, 3.05) is 0 Å². The summed E-state index contributed by atoms with van der Waals surface area (Å²) in [7, 11) is 0. The number of hydrogen-bond acceptors (Lipinski definition) is 1. The zero-order chi connectivity index (χ0) is 17.7. The lowest BCUT2D eigenvalue weighted by Gasteiger charge is -2.39. The number of fused-ring (bicyclic) bond motifs is 1. The molecule has 0 aromatic rings. The number of hydrogen-bond donors (Lipinski definition) is 1. The Balaban J connectivity index is 2.19. The lowest BCUT2D eigenvalue weighted by molar-refractivity contribution is 0.105. The van der Waals surface area contributed by atoms with Crippen LogP contribution >= 0.6 is 0 Å². The van der Waals surface area contributed by atoms with E-state index in [0.29, 0.717) is 16.2 Å². The first-order valence-electron chi connectivity index (χ1n) is 10.2. The van der Waals surface area contributed by atoms with Gasteiger partial charge < -0.3 is 5.73 Å². The van der Waals surface area contributed by atoms with Crippen LogP contribution in [0.15, 0.2) is 0 Å². The minimum Gasteiger partial charge on any atom is -0.325 e. The summed E-state index contributed by atoms with van der Waals surface area (Å²) in [5.74, 6) is 2.60. The Labute approximate surface area is 146 Å². The van der Waals surface area contributed by atoms with Gasteiger partial charge in [0.15, 0.2) is 0 Å². The maximum atomic E-state index is 6.64. The van der Waals surface area contributed by atoms with Crippen molar-refractivity contribution in [2.24, 2.45) is 39.7 Å². The smallest absolute Gasteiger partial charge is 0.0129 e. The molecule has 0 aromatic heterocycles. The van der Waals surface area contributed by atoms with E-state index in [9.17, 15) is 0 Å². The third kappa shape index (κ3) is 3.24. The second-order valence-corrected chi connectivity index (χ2v) is 10.7. The highest BCUT2D eigenvalue weighted by Gasteiger charge is 2.70. The molecule has 2 saturated carbocycles. The summed E-state index contributed by atoms with van der Waals surface area (Å²) < 4.78 is 0. The average Bonchev–Trinajstić information content (AvgIpc) is 3.10. The first-order valence-corrected chi connectivity index (χ1v) is 10.2. The Hall–Kier alpha value is -0.0400. The number of rotatable bonds is 6. The fourth-order valence-electron chi connectivity index (χ4n) is 5.92. The van der Waals surface area contributed by atoms with E-state index in [1.165, 1.54) is 44.9 Å². The van der Waals surface area contributed by atoms with E-state index in [0.717, 1.165) is 17.8 Å². The summed E-state index contributed by atoms with van der Waals surface area (Å²) in [6.45, 7) is 19.5. The highest BCUT2D eigenvalue weighted by molar-refractivity contribution is 5.19. The van der Waals surface area contributed by atoms with Crippen molar-refractivity contribution in [3.05, 3.63) is 0 Å². The van der Waals surface area contributed by atoms with Crippen LogP contribution in [0.2, 0.25) is 0 Å². The maximum absolute atomic E-state index is 6.64. The van der Waals surface area contributed by atoms with Crippen LogP contribution in [-0.2, 0) is 0 Å². The van der Waals surface area contributed by atoms with Gasteiger partial charge in [0.1, 0.15) is 0 Å². The molecule has 2 aliphatic rings. The van der Waals surface area contributed by atoms with Gasteiger partial charge in [0, 0.05) is 5.54 Å². The summed E-state index contributed by atoms with van der Waals surface area (Å²) in [6.07, 6.45) is 9.19. The van der Waals surface area contributed by atoms with Crippen LogP contribution in [0, 0.1) is 34.0 Å². The predicted octanol–water partition coefficient (Wildman–Crippen LogP) is 6.41. The van der Waals surface area contributed by atoms with E-state index in [2.05, 4.69) is 55.4 Å². The Morgan fingerprint density at radius 1 is 1.13 bits per heavy atom. The molecule has 2 aliphatic carbocycles. The second-order valence-electron chi connectivity index (χ2n) is 10.7. The molecule has 1 nitrogen and oxygen atoms in total. The molecule has 1 heteroatoms. The summed E-state index contributed by atoms with van der Waals surface area (Å²) in [5.41, 5.74) is 8.18. The van der Waals surface area contributed by atoms with Gasteiger partial charge in [-0.2, -0.15) is 0 Å². The van der Waals surface area contributed by atoms with Gasteiger partial charge in [-0.1, -0.05) is 61.3 Å². The van der Waals surface area contributed by atoms with E-state index >= 15 is 0 Å². The van der Waals surface area contributed by atoms with Gasteiger partial charge in [-0.3, -0.25) is 0 Å². The predicted molar refractivity (Wildman–Crippen MR) is 102 cm³/mol. The molecule has 0 aromatic carbocycles. The molecule has 136 valence electrons. The van der Waals surface area contributed by atoms with E-state index < -0.39 is 0 Å². The maximum Gasteiger partial charge on any atom is 0.0129 e. The molecule has 5 atom stereocenters. The summed E-state index contributed by atoms with van der Waals surface area (Å²) >= 11 is 0. The Bertz CT molecular complexity index is 420. The van der Waals surface area contributed by atoms with Gasteiger partial charge in [-0.15, -0.1) is 0 Å². The van der Waals surface area contributed by atoms with Crippen LogP contribution in [0.5, 0.6) is 0 Å². The average molecular weight is 322 g/mol. The minimum atomic E-state index is 0.0575. The third-order valence-corrected chi connectivity index (χ3v) is 8.64. The SMILES string of the molecule is CC[C@@H]1C2C[C@](C)(N)CCC(C)(C)[C@@]21CC[C@H](C)C(C)(C)CC. The fourth-order valence-corrected chi connectivity index (χ4v) is 5.92. The van der Waals surface area contributed by atoms with Gasteiger partial charge in [0.2, 0.25) is 0 Å². The van der Waals surface area contributed by atoms with Crippen LogP contribution in [0.1, 0.15) is 100 Å². The topological polar surface area (TPSA) is 26.0 Å². The molecule has 0 radical (unpaired) electrons. The van der Waals surface area contributed by atoms with Crippen molar-refractivity contribution in [3.8, 4) is 0 Å². The second kappa shape index (κ2) is 6.04. The molecule has 0 aliphatic heterocycles. The Morgan fingerprint density at radius 2 is 1.74 bits per heavy atom. The molecule has 2 rings (SSSR count). The number of nitrogens with two attached hydrogens (primary N) is 1. The van der Waals surface area contributed by atoms with Crippen molar-refractivity contribution in [3.63, 3.8) is 0 Å². The summed E-state index contributed by atoms with van der Waals surface area (Å²) in [6, 6.07) is 0. The summed E-state index contributed by atoms with van der Waals surface area (Å²) in [4.78, 5) is 0. The molecule has 0 heterocycles. The van der Waals surface area contributed by atoms with E-state index in [1.807, 2.05) is 0 Å². The molecule has 0 bridgehead atoms. The molecular weight excluding hydrogens is 278 g/mol. The third-order valence-electron chi connectivity index (χ3n) is 8.64. The molecular formula is C22H43N. The lowest BCUT2D eigenvalue weighted by atomic mass is 9.66. The molecule has 0 saturated heterocycles. The van der Waals surface area contributed by atoms with Crippen molar-refractivity contribution in [2.45, 2.75) is 106 Å². The van der Waals surface area contributed by atoms with Crippen molar-refractivity contribution < 1.29 is 0 Å². The normalized spacial score (nSPS) is 41.1. The zero-order valence-corrected chi connectivity index (χ0v) is 17.3. The molecule has 0 amide bonds. The van der Waals surface area contributed by atoms with Crippen molar-refractivity contribution in [1.29, 1.82) is 0 Å². The molecule has 1 unspecified atom stereocenters. The van der Waals surface area contributed by atoms with Gasteiger partial charge >= 0.3 is 0 Å². The monoisotopic (exact) mass is 321 g/mol. The lowest BCUT2D eigenvalue weighted by Crippen LogP contribution is -2.37. The van der Waals surface area contributed by atoms with Crippen LogP contribution in [0.3, 0.4) is 0 Å². The standard InChI is InChI=1S/C22H43N/c1-9-17-18-15-21(8,23)14-13-20(6,7)22(17,18)12-11-16(3)19(4,5)10-2/h16-18H,9-15,23H2,1-8H3/t16-,17+,18?,21+,22+/m0/s1. The molecule has 2 N–H and O–H groups in total. The van der Waals surface area contributed by atoms with Crippen LogP contribution in [0.25, 0.3) is 0 Å². The first-order chi connectivity index (χ1) is 10.4. The largest absolute Gasteiger partial charge is 0.325 e. The molecule has 0 spiro atoms. The Kier molecular flexibility index (Phi) is 5.07. The van der Waals surface area contributed by atoms with Crippen LogP contribution in [-0.4, -0.2) is 5.54 Å². The molecule has 23 heavy (non-hydrogen) atoms. The van der Waals surface area contributed by atoms with Crippen LogP contribution < -0.4 is 5.73 Å². The highest BCUT2D eigenvalue weighted by Crippen LogP contribution is 2.76. The highest BCUT2D eigenvalue weighted by atomic mass is 14.8.